The number of anilines is 1. The third-order valence-corrected chi connectivity index (χ3v) is 3.21. The Labute approximate surface area is 105 Å². The molecule has 88 valence electrons. The predicted molar refractivity (Wildman–Crippen MR) is 70.4 cm³/mol. The van der Waals surface area contributed by atoms with Gasteiger partial charge < -0.3 is 5.32 Å². The molecule has 1 N–H and O–H groups in total. The van der Waals surface area contributed by atoms with E-state index in [2.05, 4.69) is 10.3 Å². The van der Waals surface area contributed by atoms with Gasteiger partial charge in [0.05, 0.1) is 17.6 Å². The monoisotopic (exact) mass is 246 g/mol. The Morgan fingerprint density at radius 2 is 2.06 bits per heavy atom. The minimum absolute atomic E-state index is 0.0201. The van der Waals surface area contributed by atoms with E-state index in [1.807, 2.05) is 37.4 Å². The molecule has 0 spiro atoms. The van der Waals surface area contributed by atoms with Crippen LogP contribution in [-0.2, 0) is 11.2 Å². The van der Waals surface area contributed by atoms with Gasteiger partial charge >= 0.3 is 0 Å². The molecule has 0 unspecified atom stereocenters. The van der Waals surface area contributed by atoms with Gasteiger partial charge in [-0.15, -0.1) is 11.3 Å². The molecule has 0 radical (unpaired) electrons. The molecule has 0 saturated heterocycles. The van der Waals surface area contributed by atoms with E-state index in [1.165, 1.54) is 11.3 Å². The lowest BCUT2D eigenvalue weighted by atomic mass is 10.1. The Kier molecular flexibility index (Phi) is 3.54. The first-order chi connectivity index (χ1) is 8.16. The summed E-state index contributed by atoms with van der Waals surface area (Å²) in [7, 11) is 0. The first-order valence-electron chi connectivity index (χ1n) is 5.40. The zero-order valence-electron chi connectivity index (χ0n) is 9.86. The SMILES string of the molecule is Cc1cccc(C)c1NC(=O)Cc1cscn1. The number of aromatic nitrogens is 1. The fraction of sp³-hybridized carbons (Fsp3) is 0.231. The second-order valence-electron chi connectivity index (χ2n) is 3.97. The van der Waals surface area contributed by atoms with Gasteiger partial charge in [0.1, 0.15) is 0 Å². The number of para-hydroxylation sites is 1. The van der Waals surface area contributed by atoms with Crippen LogP contribution in [0.25, 0.3) is 0 Å². The Balaban J connectivity index is 2.08. The number of benzene rings is 1. The lowest BCUT2D eigenvalue weighted by molar-refractivity contribution is -0.115. The highest BCUT2D eigenvalue weighted by Gasteiger charge is 2.08. The summed E-state index contributed by atoms with van der Waals surface area (Å²) in [4.78, 5) is 15.9. The van der Waals surface area contributed by atoms with E-state index in [0.717, 1.165) is 22.5 Å². The molecule has 0 saturated carbocycles. The summed E-state index contributed by atoms with van der Waals surface area (Å²) < 4.78 is 0. The number of aryl methyl sites for hydroxylation is 2. The lowest BCUT2D eigenvalue weighted by Crippen LogP contribution is -2.16. The molecule has 0 aliphatic heterocycles. The number of nitrogens with zero attached hydrogens (tertiary/aromatic N) is 1. The van der Waals surface area contributed by atoms with Gasteiger partial charge in [0.2, 0.25) is 5.91 Å². The van der Waals surface area contributed by atoms with E-state index < -0.39 is 0 Å². The average molecular weight is 246 g/mol. The molecule has 2 aromatic rings. The summed E-state index contributed by atoms with van der Waals surface area (Å²) in [6.45, 7) is 3.98. The van der Waals surface area contributed by atoms with Crippen molar-refractivity contribution >= 4 is 22.9 Å². The van der Waals surface area contributed by atoms with Crippen molar-refractivity contribution in [3.8, 4) is 0 Å². The van der Waals surface area contributed by atoms with Crippen molar-refractivity contribution in [3.05, 3.63) is 45.9 Å². The van der Waals surface area contributed by atoms with Gasteiger partial charge in [0.15, 0.2) is 0 Å². The van der Waals surface area contributed by atoms with Crippen LogP contribution in [0.2, 0.25) is 0 Å². The molecule has 1 amide bonds. The maximum Gasteiger partial charge on any atom is 0.230 e. The van der Waals surface area contributed by atoms with Crippen LogP contribution in [0.15, 0.2) is 29.1 Å². The zero-order chi connectivity index (χ0) is 12.3. The van der Waals surface area contributed by atoms with Crippen LogP contribution < -0.4 is 5.32 Å². The second kappa shape index (κ2) is 5.10. The van der Waals surface area contributed by atoms with Crippen molar-refractivity contribution in [2.75, 3.05) is 5.32 Å². The van der Waals surface area contributed by atoms with E-state index in [4.69, 9.17) is 0 Å². The topological polar surface area (TPSA) is 42.0 Å². The highest BCUT2D eigenvalue weighted by atomic mass is 32.1. The highest BCUT2D eigenvalue weighted by molar-refractivity contribution is 7.07. The molecule has 2 rings (SSSR count). The highest BCUT2D eigenvalue weighted by Crippen LogP contribution is 2.19. The van der Waals surface area contributed by atoms with E-state index in [0.29, 0.717) is 6.42 Å². The Bertz CT molecular complexity index is 500. The van der Waals surface area contributed by atoms with Gasteiger partial charge in [-0.05, 0) is 25.0 Å². The molecule has 1 aromatic heterocycles. The number of hydrogen-bond acceptors (Lipinski definition) is 3. The van der Waals surface area contributed by atoms with Crippen LogP contribution in [0.3, 0.4) is 0 Å². The molecule has 17 heavy (non-hydrogen) atoms. The van der Waals surface area contributed by atoms with Gasteiger partial charge in [0.25, 0.3) is 0 Å². The van der Waals surface area contributed by atoms with Crippen LogP contribution in [0.5, 0.6) is 0 Å². The quantitative estimate of drug-likeness (QED) is 0.904. The molecule has 1 heterocycles. The molecular weight excluding hydrogens is 232 g/mol. The van der Waals surface area contributed by atoms with Crippen LogP contribution >= 0.6 is 11.3 Å². The molecule has 3 nitrogen and oxygen atoms in total. The van der Waals surface area contributed by atoms with Crippen molar-refractivity contribution in [2.24, 2.45) is 0 Å². The van der Waals surface area contributed by atoms with Gasteiger partial charge in [-0.25, -0.2) is 4.98 Å². The van der Waals surface area contributed by atoms with Crippen molar-refractivity contribution in [1.82, 2.24) is 4.98 Å². The van der Waals surface area contributed by atoms with Crippen LogP contribution in [0.4, 0.5) is 5.69 Å². The molecule has 4 heteroatoms. The molecule has 1 aromatic carbocycles. The summed E-state index contributed by atoms with van der Waals surface area (Å²) in [6.07, 6.45) is 0.331. The summed E-state index contributed by atoms with van der Waals surface area (Å²) >= 11 is 1.50. The van der Waals surface area contributed by atoms with Gasteiger partial charge in [-0.2, -0.15) is 0 Å². The predicted octanol–water partition coefficient (Wildman–Crippen LogP) is 2.94. The fourth-order valence-corrected chi connectivity index (χ4v) is 2.24. The standard InChI is InChI=1S/C13H14N2OS/c1-9-4-3-5-10(2)13(9)15-12(16)6-11-7-17-8-14-11/h3-5,7-8H,6H2,1-2H3,(H,15,16). The first-order valence-corrected chi connectivity index (χ1v) is 6.34. The fourth-order valence-electron chi connectivity index (χ4n) is 1.68. The Morgan fingerprint density at radius 3 is 2.65 bits per heavy atom. The summed E-state index contributed by atoms with van der Waals surface area (Å²) in [5, 5.41) is 4.84. The van der Waals surface area contributed by atoms with Crippen molar-refractivity contribution in [1.29, 1.82) is 0 Å². The molecule has 0 atom stereocenters. The van der Waals surface area contributed by atoms with Crippen LogP contribution in [0, 0.1) is 13.8 Å². The minimum Gasteiger partial charge on any atom is -0.325 e. The van der Waals surface area contributed by atoms with Gasteiger partial charge in [-0.3, -0.25) is 4.79 Å². The van der Waals surface area contributed by atoms with E-state index in [-0.39, 0.29) is 5.91 Å². The first kappa shape index (κ1) is 11.8. The maximum absolute atomic E-state index is 11.8. The Morgan fingerprint density at radius 1 is 1.35 bits per heavy atom. The number of thiazole rings is 1. The summed E-state index contributed by atoms with van der Waals surface area (Å²) in [5.74, 6) is -0.0201. The molecule has 0 fully saturated rings. The minimum atomic E-state index is -0.0201. The molecule has 0 aliphatic rings. The third kappa shape index (κ3) is 2.91. The molecule has 0 aliphatic carbocycles. The molecule has 0 bridgehead atoms. The summed E-state index contributed by atoms with van der Waals surface area (Å²) in [6, 6.07) is 5.97. The number of amides is 1. The number of carbonyl (C=O) groups excluding carboxylic acids is 1. The van der Waals surface area contributed by atoms with E-state index in [9.17, 15) is 4.79 Å². The number of carbonyl (C=O) groups is 1. The lowest BCUT2D eigenvalue weighted by Gasteiger charge is -2.10. The van der Waals surface area contributed by atoms with Crippen molar-refractivity contribution in [2.45, 2.75) is 20.3 Å². The number of nitrogens with one attached hydrogen (secondary N) is 1. The van der Waals surface area contributed by atoms with Gasteiger partial charge in [-0.1, -0.05) is 18.2 Å². The zero-order valence-corrected chi connectivity index (χ0v) is 10.7. The average Bonchev–Trinajstić information content (AvgIpc) is 2.76. The third-order valence-electron chi connectivity index (χ3n) is 2.57. The van der Waals surface area contributed by atoms with Crippen molar-refractivity contribution in [3.63, 3.8) is 0 Å². The van der Waals surface area contributed by atoms with Gasteiger partial charge in [0, 0.05) is 11.1 Å². The van der Waals surface area contributed by atoms with Crippen molar-refractivity contribution < 1.29 is 4.79 Å². The normalized spacial score (nSPS) is 10.2. The van der Waals surface area contributed by atoms with Crippen LogP contribution in [0.1, 0.15) is 16.8 Å². The second-order valence-corrected chi connectivity index (χ2v) is 4.69. The Hall–Kier alpha value is -1.68. The van der Waals surface area contributed by atoms with E-state index >= 15 is 0 Å². The summed E-state index contributed by atoms with van der Waals surface area (Å²) in [5.41, 5.74) is 5.63. The molecular formula is C13H14N2OS. The maximum atomic E-state index is 11.8. The number of rotatable bonds is 3. The number of hydrogen-bond donors (Lipinski definition) is 1. The largest absolute Gasteiger partial charge is 0.325 e. The smallest absolute Gasteiger partial charge is 0.230 e. The van der Waals surface area contributed by atoms with E-state index in [1.54, 1.807) is 5.51 Å². The van der Waals surface area contributed by atoms with Crippen LogP contribution in [-0.4, -0.2) is 10.9 Å².